The van der Waals surface area contributed by atoms with E-state index in [1.54, 1.807) is 7.11 Å². The van der Waals surface area contributed by atoms with Crippen molar-refractivity contribution in [2.45, 2.75) is 26.9 Å². The van der Waals surface area contributed by atoms with Crippen molar-refractivity contribution in [2.24, 2.45) is 4.99 Å². The molecule has 5 nitrogen and oxygen atoms in total. The van der Waals surface area contributed by atoms with Crippen LogP contribution in [-0.4, -0.2) is 45.4 Å². The van der Waals surface area contributed by atoms with Crippen LogP contribution in [-0.2, 0) is 4.74 Å². The molecular weight excluding hydrogens is 266 g/mol. The molecule has 0 aliphatic carbocycles. The van der Waals surface area contributed by atoms with E-state index in [-0.39, 0.29) is 6.10 Å². The van der Waals surface area contributed by atoms with Crippen LogP contribution < -0.4 is 15.4 Å². The summed E-state index contributed by atoms with van der Waals surface area (Å²) in [5.74, 6) is 1.67. The standard InChI is InChI=1S/C16H27N3O2/c1-5-17-16(18-9-10-20-4)19-12-14(3)21-15-8-6-7-13(2)11-15/h6-8,11,14H,5,9-10,12H2,1-4H3,(H2,17,18,19). The molecule has 0 aliphatic heterocycles. The molecule has 1 aromatic rings. The fourth-order valence-corrected chi connectivity index (χ4v) is 1.79. The Morgan fingerprint density at radius 1 is 1.33 bits per heavy atom. The van der Waals surface area contributed by atoms with Crippen molar-refractivity contribution in [3.05, 3.63) is 29.8 Å². The minimum Gasteiger partial charge on any atom is -0.489 e. The van der Waals surface area contributed by atoms with Crippen LogP contribution in [0.1, 0.15) is 19.4 Å². The molecule has 0 amide bonds. The molecule has 118 valence electrons. The number of hydrogen-bond donors (Lipinski definition) is 2. The number of nitrogens with zero attached hydrogens (tertiary/aromatic N) is 1. The minimum absolute atomic E-state index is 0.0182. The predicted molar refractivity (Wildman–Crippen MR) is 87.1 cm³/mol. The lowest BCUT2D eigenvalue weighted by molar-refractivity contribution is 0.203. The van der Waals surface area contributed by atoms with Crippen molar-refractivity contribution in [3.63, 3.8) is 0 Å². The average molecular weight is 293 g/mol. The molecule has 0 aliphatic rings. The summed E-state index contributed by atoms with van der Waals surface area (Å²) < 4.78 is 10.9. The van der Waals surface area contributed by atoms with Crippen molar-refractivity contribution < 1.29 is 9.47 Å². The monoisotopic (exact) mass is 293 g/mol. The maximum absolute atomic E-state index is 5.86. The number of hydrogen-bond acceptors (Lipinski definition) is 3. The Kier molecular flexibility index (Phi) is 8.28. The smallest absolute Gasteiger partial charge is 0.191 e. The lowest BCUT2D eigenvalue weighted by Crippen LogP contribution is -2.39. The highest BCUT2D eigenvalue weighted by Crippen LogP contribution is 2.14. The first-order chi connectivity index (χ1) is 10.2. The average Bonchev–Trinajstić information content (AvgIpc) is 2.45. The molecule has 2 N–H and O–H groups in total. The van der Waals surface area contributed by atoms with Gasteiger partial charge in [0.25, 0.3) is 0 Å². The summed E-state index contributed by atoms with van der Waals surface area (Å²) in [7, 11) is 1.68. The maximum atomic E-state index is 5.86. The first kappa shape index (κ1) is 17.3. The molecule has 0 spiro atoms. The van der Waals surface area contributed by atoms with E-state index in [0.29, 0.717) is 13.2 Å². The van der Waals surface area contributed by atoms with Gasteiger partial charge in [-0.25, -0.2) is 4.99 Å². The van der Waals surface area contributed by atoms with Crippen molar-refractivity contribution in [3.8, 4) is 5.75 Å². The van der Waals surface area contributed by atoms with Gasteiger partial charge >= 0.3 is 0 Å². The predicted octanol–water partition coefficient (Wildman–Crippen LogP) is 1.96. The number of guanidine groups is 1. The molecule has 5 heteroatoms. The second kappa shape index (κ2) is 10.0. The Balaban J connectivity index is 2.46. The largest absolute Gasteiger partial charge is 0.489 e. The van der Waals surface area contributed by atoms with Crippen LogP contribution in [0.4, 0.5) is 0 Å². The van der Waals surface area contributed by atoms with E-state index in [2.05, 4.69) is 28.6 Å². The molecule has 0 bridgehead atoms. The zero-order valence-electron chi connectivity index (χ0n) is 13.5. The molecule has 0 heterocycles. The molecule has 0 radical (unpaired) electrons. The third kappa shape index (κ3) is 7.56. The number of benzene rings is 1. The highest BCUT2D eigenvalue weighted by atomic mass is 16.5. The molecule has 21 heavy (non-hydrogen) atoms. The van der Waals surface area contributed by atoms with Gasteiger partial charge in [-0.15, -0.1) is 0 Å². The Hall–Kier alpha value is -1.75. The lowest BCUT2D eigenvalue weighted by Gasteiger charge is -2.15. The number of methoxy groups -OCH3 is 1. The van der Waals surface area contributed by atoms with E-state index in [9.17, 15) is 0 Å². The van der Waals surface area contributed by atoms with Gasteiger partial charge in [0, 0.05) is 20.2 Å². The lowest BCUT2D eigenvalue weighted by atomic mass is 10.2. The summed E-state index contributed by atoms with van der Waals surface area (Å²) in [6.07, 6.45) is 0.0182. The van der Waals surface area contributed by atoms with Crippen molar-refractivity contribution in [2.75, 3.05) is 33.4 Å². The molecule has 0 saturated carbocycles. The van der Waals surface area contributed by atoms with Gasteiger partial charge in [0.1, 0.15) is 11.9 Å². The first-order valence-corrected chi connectivity index (χ1v) is 7.40. The summed E-state index contributed by atoms with van der Waals surface area (Å²) >= 11 is 0. The number of aliphatic imine (C=N–C) groups is 1. The van der Waals surface area contributed by atoms with Crippen molar-refractivity contribution >= 4 is 5.96 Å². The molecule has 0 aromatic heterocycles. The van der Waals surface area contributed by atoms with Crippen LogP contribution in [0.15, 0.2) is 29.3 Å². The Labute approximate surface area is 127 Å². The number of nitrogens with one attached hydrogen (secondary N) is 2. The van der Waals surface area contributed by atoms with Gasteiger partial charge < -0.3 is 20.1 Å². The van der Waals surface area contributed by atoms with Crippen molar-refractivity contribution in [1.29, 1.82) is 0 Å². The summed E-state index contributed by atoms with van der Waals surface area (Å²) in [4.78, 5) is 4.52. The van der Waals surface area contributed by atoms with Gasteiger partial charge in [-0.2, -0.15) is 0 Å². The van der Waals surface area contributed by atoms with E-state index in [1.165, 1.54) is 5.56 Å². The summed E-state index contributed by atoms with van der Waals surface area (Å²) in [6, 6.07) is 8.05. The zero-order chi connectivity index (χ0) is 15.5. The highest BCUT2D eigenvalue weighted by molar-refractivity contribution is 5.79. The number of aryl methyl sites for hydroxylation is 1. The Morgan fingerprint density at radius 2 is 2.14 bits per heavy atom. The minimum atomic E-state index is 0.0182. The van der Waals surface area contributed by atoms with Crippen molar-refractivity contribution in [1.82, 2.24) is 10.6 Å². The molecule has 1 rings (SSSR count). The number of rotatable bonds is 8. The highest BCUT2D eigenvalue weighted by Gasteiger charge is 2.04. The SMILES string of the molecule is CCNC(=NCC(C)Oc1cccc(C)c1)NCCOC. The normalized spacial score (nSPS) is 12.9. The Morgan fingerprint density at radius 3 is 2.81 bits per heavy atom. The van der Waals surface area contributed by atoms with Gasteiger partial charge in [-0.05, 0) is 38.5 Å². The van der Waals surface area contributed by atoms with E-state index in [0.717, 1.165) is 24.8 Å². The second-order valence-electron chi connectivity index (χ2n) is 4.88. The quantitative estimate of drug-likeness (QED) is 0.437. The molecule has 1 atom stereocenters. The number of ether oxygens (including phenoxy) is 2. The van der Waals surface area contributed by atoms with Gasteiger partial charge in [0.15, 0.2) is 5.96 Å². The molecule has 1 aromatic carbocycles. The van der Waals surface area contributed by atoms with Crippen LogP contribution in [0, 0.1) is 6.92 Å². The molecule has 0 fully saturated rings. The van der Waals surface area contributed by atoms with Crippen LogP contribution in [0.3, 0.4) is 0 Å². The van der Waals surface area contributed by atoms with Gasteiger partial charge in [-0.1, -0.05) is 12.1 Å². The third-order valence-electron chi connectivity index (χ3n) is 2.78. The maximum Gasteiger partial charge on any atom is 0.191 e. The topological polar surface area (TPSA) is 54.9 Å². The molecular formula is C16H27N3O2. The second-order valence-corrected chi connectivity index (χ2v) is 4.88. The van der Waals surface area contributed by atoms with E-state index in [1.807, 2.05) is 32.0 Å². The zero-order valence-corrected chi connectivity index (χ0v) is 13.5. The van der Waals surface area contributed by atoms with Gasteiger partial charge in [0.2, 0.25) is 0 Å². The summed E-state index contributed by atoms with van der Waals surface area (Å²) in [6.45, 7) is 8.92. The van der Waals surface area contributed by atoms with Crippen LogP contribution in [0.25, 0.3) is 0 Å². The fraction of sp³-hybridized carbons (Fsp3) is 0.562. The van der Waals surface area contributed by atoms with Crippen LogP contribution in [0.5, 0.6) is 5.75 Å². The van der Waals surface area contributed by atoms with Crippen LogP contribution >= 0.6 is 0 Å². The van der Waals surface area contributed by atoms with Gasteiger partial charge in [0.05, 0.1) is 13.2 Å². The summed E-state index contributed by atoms with van der Waals surface area (Å²) in [5, 5.41) is 6.41. The first-order valence-electron chi connectivity index (χ1n) is 7.40. The van der Waals surface area contributed by atoms with E-state index in [4.69, 9.17) is 9.47 Å². The molecule has 1 unspecified atom stereocenters. The third-order valence-corrected chi connectivity index (χ3v) is 2.78. The molecule has 0 saturated heterocycles. The Bertz CT molecular complexity index is 435. The fourth-order valence-electron chi connectivity index (χ4n) is 1.79. The van der Waals surface area contributed by atoms with Gasteiger partial charge in [-0.3, -0.25) is 0 Å². The van der Waals surface area contributed by atoms with Crippen LogP contribution in [0.2, 0.25) is 0 Å². The summed E-state index contributed by atoms with van der Waals surface area (Å²) in [5.41, 5.74) is 1.19. The van der Waals surface area contributed by atoms with E-state index < -0.39 is 0 Å². The van der Waals surface area contributed by atoms with E-state index >= 15 is 0 Å².